The van der Waals surface area contributed by atoms with Gasteiger partial charge in [0.2, 0.25) is 0 Å². The summed E-state index contributed by atoms with van der Waals surface area (Å²) in [5.41, 5.74) is 4.26. The van der Waals surface area contributed by atoms with Crippen LogP contribution in [0.2, 0.25) is 0 Å². The van der Waals surface area contributed by atoms with Crippen molar-refractivity contribution in [3.05, 3.63) is 82.9 Å². The van der Waals surface area contributed by atoms with Crippen molar-refractivity contribution in [1.29, 1.82) is 0 Å². The first-order chi connectivity index (χ1) is 17.7. The molecule has 2 aromatic carbocycles. The van der Waals surface area contributed by atoms with Gasteiger partial charge in [0.25, 0.3) is 5.91 Å². The van der Waals surface area contributed by atoms with Crippen LogP contribution in [0.5, 0.6) is 0 Å². The van der Waals surface area contributed by atoms with Gasteiger partial charge in [0, 0.05) is 45.0 Å². The number of hydrogen-bond donors (Lipinski definition) is 1. The van der Waals surface area contributed by atoms with E-state index in [2.05, 4.69) is 28.0 Å². The zero-order valence-corrected chi connectivity index (χ0v) is 24.0. The molecule has 0 radical (unpaired) electrons. The molecule has 2 atom stereocenters. The largest absolute Gasteiger partial charge is 0.349 e. The molecule has 0 aliphatic rings. The lowest BCUT2D eigenvalue weighted by molar-refractivity contribution is 0.0795. The molecule has 2 unspecified atom stereocenters. The minimum atomic E-state index is -2.72. The van der Waals surface area contributed by atoms with Crippen molar-refractivity contribution >= 4 is 67.4 Å². The normalized spacial score (nSPS) is 14.1. The molecular formula is C28H32N4O2S3. The van der Waals surface area contributed by atoms with Crippen LogP contribution in [-0.4, -0.2) is 65.0 Å². The first-order valence-electron chi connectivity index (χ1n) is 11.8. The van der Waals surface area contributed by atoms with Gasteiger partial charge in [-0.2, -0.15) is 0 Å². The van der Waals surface area contributed by atoms with Crippen molar-refractivity contribution in [2.75, 3.05) is 32.0 Å². The molecule has 194 valence electrons. The molecule has 4 aromatic rings. The predicted octanol–water partition coefficient (Wildman–Crippen LogP) is 5.74. The Balaban J connectivity index is 1.56. The molecule has 0 aliphatic heterocycles. The van der Waals surface area contributed by atoms with Gasteiger partial charge in [-0.25, -0.2) is 4.21 Å². The first kappa shape index (κ1) is 27.0. The molecule has 9 heteroatoms. The number of hydrogen-bond acceptors (Lipinski definition) is 5. The van der Waals surface area contributed by atoms with Gasteiger partial charge in [-0.3, -0.25) is 14.1 Å². The smallest absolute Gasteiger partial charge is 0.270 e. The zero-order valence-electron chi connectivity index (χ0n) is 21.5. The number of aromatic amines is 1. The van der Waals surface area contributed by atoms with Crippen molar-refractivity contribution in [1.82, 2.24) is 9.88 Å². The Kier molecular flexibility index (Phi) is 8.46. The first-order valence-corrected chi connectivity index (χ1v) is 15.4. The summed E-state index contributed by atoms with van der Waals surface area (Å²) in [5.74, 6) is 4.78. The van der Waals surface area contributed by atoms with Gasteiger partial charge in [-0.15, -0.1) is 23.1 Å². The van der Waals surface area contributed by atoms with Crippen LogP contribution in [0.4, 0.5) is 5.69 Å². The number of H-pyrrole nitrogens is 1. The maximum atomic E-state index is 13.6. The summed E-state index contributed by atoms with van der Waals surface area (Å²) in [4.78, 5) is 22.7. The third-order valence-electron chi connectivity index (χ3n) is 6.10. The van der Waals surface area contributed by atoms with E-state index >= 15 is 0 Å². The van der Waals surface area contributed by atoms with Crippen LogP contribution in [-0.2, 0) is 15.5 Å². The zero-order chi connectivity index (χ0) is 26.6. The van der Waals surface area contributed by atoms with Crippen LogP contribution in [0, 0.1) is 6.92 Å². The number of aliphatic imine (C=N–C) groups is 1. The SMILES string of the molecule is C=S(=O)(c1cccs1)N(C)c1cc(C)cc2cc(C(=O)N(C)CC(C=NC)SCc3ccccc3)[nH]c12. The maximum absolute atomic E-state index is 13.6. The fourth-order valence-electron chi connectivity index (χ4n) is 4.12. The van der Waals surface area contributed by atoms with Crippen LogP contribution in [0.3, 0.4) is 0 Å². The molecule has 1 N–H and O–H groups in total. The van der Waals surface area contributed by atoms with Crippen LogP contribution in [0.25, 0.3) is 10.9 Å². The number of fused-ring (bicyclic) bond motifs is 1. The van der Waals surface area contributed by atoms with E-state index in [9.17, 15) is 9.00 Å². The number of benzene rings is 2. The van der Waals surface area contributed by atoms with E-state index in [1.807, 2.05) is 74.1 Å². The summed E-state index contributed by atoms with van der Waals surface area (Å²) in [5, 5.41) is 2.86. The van der Waals surface area contributed by atoms with E-state index in [-0.39, 0.29) is 11.2 Å². The van der Waals surface area contributed by atoms with E-state index in [4.69, 9.17) is 0 Å². The lowest BCUT2D eigenvalue weighted by Crippen LogP contribution is -2.34. The molecule has 0 bridgehead atoms. The van der Waals surface area contributed by atoms with E-state index < -0.39 is 9.71 Å². The second kappa shape index (κ2) is 11.6. The van der Waals surface area contributed by atoms with E-state index in [1.165, 1.54) is 16.9 Å². The quantitative estimate of drug-likeness (QED) is 0.202. The second-order valence-corrected chi connectivity index (χ2v) is 13.6. The van der Waals surface area contributed by atoms with Crippen molar-refractivity contribution in [3.8, 4) is 0 Å². The number of thioether (sulfide) groups is 1. The van der Waals surface area contributed by atoms with E-state index in [0.29, 0.717) is 16.4 Å². The van der Waals surface area contributed by atoms with Gasteiger partial charge in [-0.05, 0) is 53.6 Å². The number of anilines is 1. The van der Waals surface area contributed by atoms with Gasteiger partial charge in [-0.1, -0.05) is 36.4 Å². The number of nitrogens with one attached hydrogen (secondary N) is 1. The highest BCUT2D eigenvalue weighted by molar-refractivity contribution is 8.03. The number of rotatable bonds is 10. The molecule has 0 saturated carbocycles. The summed E-state index contributed by atoms with van der Waals surface area (Å²) < 4.78 is 16.1. The maximum Gasteiger partial charge on any atom is 0.270 e. The van der Waals surface area contributed by atoms with Crippen LogP contribution >= 0.6 is 23.1 Å². The lowest BCUT2D eigenvalue weighted by atomic mass is 10.1. The van der Waals surface area contributed by atoms with Crippen molar-refractivity contribution < 1.29 is 9.00 Å². The van der Waals surface area contributed by atoms with Crippen molar-refractivity contribution in [2.24, 2.45) is 4.99 Å². The van der Waals surface area contributed by atoms with Crippen molar-refractivity contribution in [3.63, 3.8) is 0 Å². The highest BCUT2D eigenvalue weighted by Crippen LogP contribution is 2.33. The number of aromatic nitrogens is 1. The Morgan fingerprint density at radius 2 is 1.95 bits per heavy atom. The number of nitrogens with zero attached hydrogens (tertiary/aromatic N) is 3. The third-order valence-corrected chi connectivity index (χ3v) is 10.9. The summed E-state index contributed by atoms with van der Waals surface area (Å²) in [6.07, 6.45) is 1.90. The molecule has 37 heavy (non-hydrogen) atoms. The Labute approximate surface area is 227 Å². The van der Waals surface area contributed by atoms with E-state index in [1.54, 1.807) is 35.1 Å². The fourth-order valence-corrected chi connectivity index (χ4v) is 7.83. The molecule has 0 fully saturated rings. The molecule has 0 saturated heterocycles. The number of thiophene rings is 1. The average molecular weight is 553 g/mol. The molecule has 4 rings (SSSR count). The standard InChI is InChI=1S/C28H32N4O2S3/c1-20-14-22-16-24(30-27(22)25(15-20)32(4)37(5,34)26-12-9-13-35-26)28(33)31(3)18-23(17-29-2)36-19-21-10-7-6-8-11-21/h6-17,23,30H,5,18-19H2,1-4H3. The molecule has 6 nitrogen and oxygen atoms in total. The highest BCUT2D eigenvalue weighted by Gasteiger charge is 2.23. The van der Waals surface area contributed by atoms with Gasteiger partial charge in [0.15, 0.2) is 0 Å². The highest BCUT2D eigenvalue weighted by atomic mass is 32.2. The van der Waals surface area contributed by atoms with Crippen LogP contribution in [0.1, 0.15) is 21.6 Å². The van der Waals surface area contributed by atoms with Crippen LogP contribution in [0.15, 0.2) is 75.2 Å². The number of amides is 1. The molecule has 1 amide bonds. The Morgan fingerprint density at radius 3 is 2.62 bits per heavy atom. The van der Waals surface area contributed by atoms with Gasteiger partial charge < -0.3 is 9.88 Å². The monoisotopic (exact) mass is 552 g/mol. The predicted molar refractivity (Wildman–Crippen MR) is 162 cm³/mol. The second-order valence-electron chi connectivity index (χ2n) is 8.93. The third kappa shape index (κ3) is 6.11. The van der Waals surface area contributed by atoms with Gasteiger partial charge >= 0.3 is 0 Å². The number of carbonyl (C=O) groups is 1. The minimum Gasteiger partial charge on any atom is -0.349 e. The molecule has 2 heterocycles. The Morgan fingerprint density at radius 1 is 1.19 bits per heavy atom. The number of aryl methyl sites for hydroxylation is 1. The molecule has 2 aromatic heterocycles. The van der Waals surface area contributed by atoms with Crippen LogP contribution < -0.4 is 4.31 Å². The van der Waals surface area contributed by atoms with Crippen molar-refractivity contribution in [2.45, 2.75) is 22.1 Å². The molecule has 0 spiro atoms. The summed E-state index contributed by atoms with van der Waals surface area (Å²) >= 11 is 3.18. The van der Waals surface area contributed by atoms with E-state index in [0.717, 1.165) is 27.9 Å². The fraction of sp³-hybridized carbons (Fsp3) is 0.250. The Hall–Kier alpha value is -3.01. The van der Waals surface area contributed by atoms with Gasteiger partial charge in [0.05, 0.1) is 26.2 Å². The lowest BCUT2D eigenvalue weighted by Gasteiger charge is -2.24. The summed E-state index contributed by atoms with van der Waals surface area (Å²) in [7, 11) is 2.64. The summed E-state index contributed by atoms with van der Waals surface area (Å²) in [6.45, 7) is 2.52. The Bertz CT molecular complexity index is 1490. The van der Waals surface area contributed by atoms with Gasteiger partial charge in [0.1, 0.15) is 9.90 Å². The molecule has 0 aliphatic carbocycles. The average Bonchev–Trinajstić information content (AvgIpc) is 3.57. The molecular weight excluding hydrogens is 521 g/mol. The topological polar surface area (TPSA) is 68.8 Å². The minimum absolute atomic E-state index is 0.0640. The summed E-state index contributed by atoms with van der Waals surface area (Å²) in [6, 6.07) is 19.9. The number of carbonyl (C=O) groups excluding carboxylic acids is 1.